The summed E-state index contributed by atoms with van der Waals surface area (Å²) in [5.41, 5.74) is 1.75. The van der Waals surface area contributed by atoms with Crippen molar-refractivity contribution >= 4 is 18.0 Å². The topological polar surface area (TPSA) is 98.4 Å². The van der Waals surface area contributed by atoms with Crippen LogP contribution in [0, 0.1) is 0 Å². The molecule has 4 rings (SSSR count). The molecule has 2 unspecified atom stereocenters. The molecule has 0 aliphatic carbocycles. The number of phenolic OH excluding ortho intramolecular Hbond substituents is 1. The van der Waals surface area contributed by atoms with Gasteiger partial charge in [-0.3, -0.25) is 9.98 Å². The van der Waals surface area contributed by atoms with Crippen LogP contribution in [0.5, 0.6) is 5.75 Å². The molecule has 30 heavy (non-hydrogen) atoms. The number of aliphatic imine (C=N–C) groups is 3. The van der Waals surface area contributed by atoms with Gasteiger partial charge >= 0.3 is 0 Å². The molecule has 0 radical (unpaired) electrons. The largest absolute Gasteiger partial charge is 0.508 e. The minimum absolute atomic E-state index is 0.187. The summed E-state index contributed by atoms with van der Waals surface area (Å²) in [4.78, 5) is 24.8. The number of rotatable bonds is 7. The first kappa shape index (κ1) is 19.8. The average Bonchev–Trinajstić information content (AvgIpc) is 3.07. The van der Waals surface area contributed by atoms with Gasteiger partial charge in [0.05, 0.1) is 12.5 Å². The quantitative estimate of drug-likeness (QED) is 0.740. The molecule has 0 bridgehead atoms. The molecule has 1 aromatic carbocycles. The summed E-state index contributed by atoms with van der Waals surface area (Å²) in [6.07, 6.45) is 10.6. The van der Waals surface area contributed by atoms with Crippen LogP contribution in [0.4, 0.5) is 0 Å². The van der Waals surface area contributed by atoms with E-state index in [-0.39, 0.29) is 17.8 Å². The fourth-order valence-electron chi connectivity index (χ4n) is 3.26. The molecule has 2 N–H and O–H groups in total. The molecule has 2 atom stereocenters. The van der Waals surface area contributed by atoms with Gasteiger partial charge in [-0.1, -0.05) is 19.1 Å². The predicted octanol–water partition coefficient (Wildman–Crippen LogP) is 2.53. The van der Waals surface area contributed by atoms with Gasteiger partial charge in [-0.15, -0.1) is 0 Å². The molecule has 2 aromatic rings. The zero-order chi connectivity index (χ0) is 20.9. The predicted molar refractivity (Wildman–Crippen MR) is 118 cm³/mol. The van der Waals surface area contributed by atoms with Gasteiger partial charge in [-0.05, 0) is 43.5 Å². The zero-order valence-corrected chi connectivity index (χ0v) is 17.1. The van der Waals surface area contributed by atoms with Gasteiger partial charge in [0, 0.05) is 25.0 Å². The number of benzene rings is 1. The van der Waals surface area contributed by atoms with Crippen LogP contribution in [0.25, 0.3) is 0 Å². The van der Waals surface area contributed by atoms with Gasteiger partial charge in [0.1, 0.15) is 29.1 Å². The van der Waals surface area contributed by atoms with Crippen molar-refractivity contribution in [3.8, 4) is 5.75 Å². The summed E-state index contributed by atoms with van der Waals surface area (Å²) < 4.78 is 0. The van der Waals surface area contributed by atoms with Crippen LogP contribution in [0.3, 0.4) is 0 Å². The van der Waals surface area contributed by atoms with Gasteiger partial charge in [0.25, 0.3) is 0 Å². The van der Waals surface area contributed by atoms with Gasteiger partial charge in [0.2, 0.25) is 0 Å². The number of aromatic hydroxyl groups is 1. The lowest BCUT2D eigenvalue weighted by atomic mass is 10.1. The number of hydrogen-bond acceptors (Lipinski definition) is 8. The van der Waals surface area contributed by atoms with E-state index in [4.69, 9.17) is 9.98 Å². The van der Waals surface area contributed by atoms with Crippen LogP contribution in [0.15, 0.2) is 69.7 Å². The lowest BCUT2D eigenvalue weighted by Crippen LogP contribution is -2.37. The molecular formula is C22H25N7O. The maximum atomic E-state index is 9.44. The van der Waals surface area contributed by atoms with Crippen molar-refractivity contribution in [2.24, 2.45) is 15.0 Å². The Labute approximate surface area is 175 Å². The Balaban J connectivity index is 1.57. The van der Waals surface area contributed by atoms with Gasteiger partial charge in [-0.2, -0.15) is 0 Å². The van der Waals surface area contributed by atoms with E-state index in [1.807, 2.05) is 24.5 Å². The minimum atomic E-state index is -0.187. The molecule has 154 valence electrons. The third kappa shape index (κ3) is 4.37. The van der Waals surface area contributed by atoms with E-state index >= 15 is 0 Å². The molecule has 0 fully saturated rings. The van der Waals surface area contributed by atoms with Crippen molar-refractivity contribution in [1.29, 1.82) is 0 Å². The van der Waals surface area contributed by atoms with E-state index in [2.05, 4.69) is 39.0 Å². The lowest BCUT2D eigenvalue weighted by molar-refractivity contribution is 0.466. The summed E-state index contributed by atoms with van der Waals surface area (Å²) in [7, 11) is 0. The second kappa shape index (κ2) is 8.86. The van der Waals surface area contributed by atoms with Crippen LogP contribution in [0.1, 0.15) is 31.5 Å². The van der Waals surface area contributed by atoms with Crippen molar-refractivity contribution < 1.29 is 5.11 Å². The SMILES string of the molecule is CCC(C)N1C=NC2C=C(NCCc3ccc(O)cc3)N=C(c3cnccn3)N=C21. The molecule has 0 saturated carbocycles. The van der Waals surface area contributed by atoms with Crippen molar-refractivity contribution in [2.45, 2.75) is 38.8 Å². The highest BCUT2D eigenvalue weighted by atomic mass is 16.3. The van der Waals surface area contributed by atoms with E-state index < -0.39 is 0 Å². The third-order valence-electron chi connectivity index (χ3n) is 5.16. The normalized spacial score (nSPS) is 18.8. The number of fused-ring (bicyclic) bond motifs is 1. The second-order valence-corrected chi connectivity index (χ2v) is 7.27. The minimum Gasteiger partial charge on any atom is -0.508 e. The van der Waals surface area contributed by atoms with E-state index in [0.29, 0.717) is 23.9 Å². The van der Waals surface area contributed by atoms with E-state index in [9.17, 15) is 5.11 Å². The lowest BCUT2D eigenvalue weighted by Gasteiger charge is -2.23. The second-order valence-electron chi connectivity index (χ2n) is 7.27. The molecule has 1 aromatic heterocycles. The van der Waals surface area contributed by atoms with Crippen LogP contribution in [-0.2, 0) is 6.42 Å². The molecule has 2 aliphatic heterocycles. The number of hydrogen-bond donors (Lipinski definition) is 2. The molecule has 2 aliphatic rings. The molecule has 0 spiro atoms. The Morgan fingerprint density at radius 3 is 2.73 bits per heavy atom. The highest BCUT2D eigenvalue weighted by Crippen LogP contribution is 2.20. The number of aromatic nitrogens is 2. The summed E-state index contributed by atoms with van der Waals surface area (Å²) >= 11 is 0. The Kier molecular flexibility index (Phi) is 5.83. The molecule has 3 heterocycles. The van der Waals surface area contributed by atoms with Crippen LogP contribution in [0.2, 0.25) is 0 Å². The van der Waals surface area contributed by atoms with Crippen molar-refractivity contribution in [2.75, 3.05) is 6.54 Å². The standard InChI is InChI=1S/C22H25N7O/c1-3-15(2)29-14-26-18-12-20(25-9-8-16-4-6-17(30)7-5-16)27-21(28-22(18)29)19-13-23-10-11-24-19/h4-7,10-15,18,25,30H,3,8-9H2,1-2H3. The highest BCUT2D eigenvalue weighted by Gasteiger charge is 2.30. The van der Waals surface area contributed by atoms with Gasteiger partial charge in [0.15, 0.2) is 5.84 Å². The van der Waals surface area contributed by atoms with Crippen molar-refractivity contribution in [3.63, 3.8) is 0 Å². The van der Waals surface area contributed by atoms with Gasteiger partial charge < -0.3 is 15.3 Å². The number of nitrogens with one attached hydrogen (secondary N) is 1. The van der Waals surface area contributed by atoms with Crippen LogP contribution < -0.4 is 5.32 Å². The number of nitrogens with zero attached hydrogens (tertiary/aromatic N) is 6. The summed E-state index contributed by atoms with van der Waals surface area (Å²) in [6.45, 7) is 4.99. The Bertz CT molecular complexity index is 996. The summed E-state index contributed by atoms with van der Waals surface area (Å²) in [6, 6.07) is 7.33. The Morgan fingerprint density at radius 2 is 2.00 bits per heavy atom. The molecule has 0 saturated heterocycles. The van der Waals surface area contributed by atoms with E-state index in [1.54, 1.807) is 30.7 Å². The summed E-state index contributed by atoms with van der Waals surface area (Å²) in [5.74, 6) is 2.35. The average molecular weight is 403 g/mol. The smallest absolute Gasteiger partial charge is 0.183 e. The van der Waals surface area contributed by atoms with Crippen molar-refractivity contribution in [3.05, 3.63) is 66.0 Å². The van der Waals surface area contributed by atoms with E-state index in [0.717, 1.165) is 24.2 Å². The summed E-state index contributed by atoms with van der Waals surface area (Å²) in [5, 5.41) is 12.8. The maximum absolute atomic E-state index is 9.44. The first-order chi connectivity index (χ1) is 14.6. The molecule has 8 heteroatoms. The van der Waals surface area contributed by atoms with E-state index in [1.165, 1.54) is 0 Å². The zero-order valence-electron chi connectivity index (χ0n) is 17.1. The molecule has 0 amide bonds. The maximum Gasteiger partial charge on any atom is 0.183 e. The monoisotopic (exact) mass is 403 g/mol. The Morgan fingerprint density at radius 1 is 1.17 bits per heavy atom. The van der Waals surface area contributed by atoms with Crippen LogP contribution in [-0.4, -0.2) is 56.6 Å². The Hall–Kier alpha value is -3.55. The fraction of sp³-hybridized carbons (Fsp3) is 0.318. The number of phenols is 1. The van der Waals surface area contributed by atoms with Gasteiger partial charge in [-0.25, -0.2) is 15.0 Å². The first-order valence-corrected chi connectivity index (χ1v) is 10.1. The highest BCUT2D eigenvalue weighted by molar-refractivity contribution is 6.12. The first-order valence-electron chi connectivity index (χ1n) is 10.1. The number of amidine groups is 2. The fourth-order valence-corrected chi connectivity index (χ4v) is 3.26. The van der Waals surface area contributed by atoms with Crippen molar-refractivity contribution in [1.82, 2.24) is 20.2 Å². The van der Waals surface area contributed by atoms with Crippen LogP contribution >= 0.6 is 0 Å². The molecule has 8 nitrogen and oxygen atoms in total. The molecular weight excluding hydrogens is 378 g/mol. The third-order valence-corrected chi connectivity index (χ3v) is 5.16.